The topological polar surface area (TPSA) is 55.6 Å². The van der Waals surface area contributed by atoms with Gasteiger partial charge in [0.1, 0.15) is 11.6 Å². The first kappa shape index (κ1) is 15.0. The molecule has 0 aromatic rings. The van der Waals surface area contributed by atoms with Crippen molar-refractivity contribution >= 4 is 6.09 Å². The van der Waals surface area contributed by atoms with E-state index in [0.717, 1.165) is 7.05 Å². The second kappa shape index (κ2) is 4.90. The van der Waals surface area contributed by atoms with E-state index in [9.17, 15) is 18.0 Å². The Morgan fingerprint density at radius 2 is 1.81 bits per heavy atom. The molecule has 0 aliphatic carbocycles. The monoisotopic (exact) mass is 242 g/mol. The van der Waals surface area contributed by atoms with Gasteiger partial charge in [-0.3, -0.25) is 4.90 Å². The summed E-state index contributed by atoms with van der Waals surface area (Å²) in [6.07, 6.45) is -5.60. The zero-order chi connectivity index (χ0) is 13.1. The number of amides is 1. The van der Waals surface area contributed by atoms with Crippen LogP contribution < -0.4 is 5.73 Å². The van der Waals surface area contributed by atoms with E-state index in [2.05, 4.69) is 0 Å². The first-order chi connectivity index (χ1) is 6.99. The number of carbonyl (C=O) groups is 1. The fraction of sp³-hybridized carbons (Fsp3) is 0.889. The molecule has 1 unspecified atom stereocenters. The quantitative estimate of drug-likeness (QED) is 0.802. The van der Waals surface area contributed by atoms with Crippen molar-refractivity contribution in [3.8, 4) is 0 Å². The lowest BCUT2D eigenvalue weighted by Crippen LogP contribution is -2.52. The highest BCUT2D eigenvalue weighted by Gasteiger charge is 2.44. The van der Waals surface area contributed by atoms with Crippen molar-refractivity contribution in [2.75, 3.05) is 13.6 Å². The van der Waals surface area contributed by atoms with Gasteiger partial charge in [-0.15, -0.1) is 0 Å². The summed E-state index contributed by atoms with van der Waals surface area (Å²) in [5.74, 6) is 0. The van der Waals surface area contributed by atoms with Crippen molar-refractivity contribution in [3.63, 3.8) is 0 Å². The van der Waals surface area contributed by atoms with E-state index in [4.69, 9.17) is 10.5 Å². The molecule has 1 amide bonds. The van der Waals surface area contributed by atoms with Crippen LogP contribution in [0.25, 0.3) is 0 Å². The van der Waals surface area contributed by atoms with Gasteiger partial charge in [0.2, 0.25) is 0 Å². The molecule has 0 fully saturated rings. The third-order valence-corrected chi connectivity index (χ3v) is 1.75. The number of hydrogen-bond donors (Lipinski definition) is 1. The maximum absolute atomic E-state index is 12.4. The predicted octanol–water partition coefficient (Wildman–Crippen LogP) is 1.74. The molecule has 7 heteroatoms. The van der Waals surface area contributed by atoms with Crippen LogP contribution in [-0.4, -0.2) is 42.4 Å². The van der Waals surface area contributed by atoms with Crippen LogP contribution in [0.1, 0.15) is 20.8 Å². The molecule has 0 rings (SSSR count). The second-order valence-electron chi connectivity index (χ2n) is 4.38. The van der Waals surface area contributed by atoms with Gasteiger partial charge >= 0.3 is 12.3 Å². The SMILES string of the molecule is CN(C(=O)OC(C)(C)C)C(CN)C(F)(F)F. The number of rotatable bonds is 2. The Hall–Kier alpha value is -0.980. The maximum atomic E-state index is 12.4. The zero-order valence-corrected chi connectivity index (χ0v) is 9.76. The Balaban J connectivity index is 4.65. The molecule has 1 atom stereocenters. The molecule has 16 heavy (non-hydrogen) atoms. The minimum absolute atomic E-state index is 0.464. The Labute approximate surface area is 92.5 Å². The van der Waals surface area contributed by atoms with Crippen molar-refractivity contribution in [2.24, 2.45) is 5.73 Å². The summed E-state index contributed by atoms with van der Waals surface area (Å²) < 4.78 is 42.1. The second-order valence-corrected chi connectivity index (χ2v) is 4.38. The van der Waals surface area contributed by atoms with Crippen LogP contribution in [-0.2, 0) is 4.74 Å². The lowest BCUT2D eigenvalue weighted by molar-refractivity contribution is -0.174. The fourth-order valence-corrected chi connectivity index (χ4v) is 0.972. The molecule has 96 valence electrons. The smallest absolute Gasteiger partial charge is 0.410 e. The van der Waals surface area contributed by atoms with Gasteiger partial charge in [0.15, 0.2) is 0 Å². The standard InChI is InChI=1S/C9H17F3N2O2/c1-8(2,3)16-7(15)14(4)6(5-13)9(10,11)12/h6H,5,13H2,1-4H3. The molecule has 0 aromatic carbocycles. The zero-order valence-electron chi connectivity index (χ0n) is 9.76. The van der Waals surface area contributed by atoms with Gasteiger partial charge in [0.25, 0.3) is 0 Å². The molecule has 0 heterocycles. The molecule has 2 N–H and O–H groups in total. The average molecular weight is 242 g/mol. The van der Waals surface area contributed by atoms with Crippen LogP contribution in [0.5, 0.6) is 0 Å². The third kappa shape index (κ3) is 4.69. The minimum Gasteiger partial charge on any atom is -0.444 e. The van der Waals surface area contributed by atoms with Crippen LogP contribution >= 0.6 is 0 Å². The van der Waals surface area contributed by atoms with E-state index in [1.54, 1.807) is 20.8 Å². The number of hydrogen-bond acceptors (Lipinski definition) is 3. The lowest BCUT2D eigenvalue weighted by Gasteiger charge is -2.31. The van der Waals surface area contributed by atoms with E-state index >= 15 is 0 Å². The van der Waals surface area contributed by atoms with E-state index in [1.165, 1.54) is 0 Å². The van der Waals surface area contributed by atoms with Gasteiger partial charge in [-0.25, -0.2) is 4.79 Å². The van der Waals surface area contributed by atoms with E-state index in [-0.39, 0.29) is 0 Å². The fourth-order valence-electron chi connectivity index (χ4n) is 0.972. The Bertz CT molecular complexity index is 248. The summed E-state index contributed by atoms with van der Waals surface area (Å²) in [7, 11) is 1.01. The van der Waals surface area contributed by atoms with Crippen molar-refractivity contribution in [2.45, 2.75) is 38.6 Å². The maximum Gasteiger partial charge on any atom is 0.410 e. The highest BCUT2D eigenvalue weighted by Crippen LogP contribution is 2.24. The Kier molecular flexibility index (Phi) is 4.60. The van der Waals surface area contributed by atoms with Crippen LogP contribution in [0.3, 0.4) is 0 Å². The largest absolute Gasteiger partial charge is 0.444 e. The summed E-state index contributed by atoms with van der Waals surface area (Å²) in [5, 5.41) is 0. The molecule has 0 saturated heterocycles. The van der Waals surface area contributed by atoms with Gasteiger partial charge in [-0.05, 0) is 20.8 Å². The molecule has 0 spiro atoms. The number of carbonyl (C=O) groups excluding carboxylic acids is 1. The molecule has 0 bridgehead atoms. The number of likely N-dealkylation sites (N-methyl/N-ethyl adjacent to an activating group) is 1. The number of nitrogens with two attached hydrogens (primary N) is 1. The van der Waals surface area contributed by atoms with Gasteiger partial charge in [0, 0.05) is 13.6 Å². The molecule has 0 aromatic heterocycles. The van der Waals surface area contributed by atoms with E-state index in [0.29, 0.717) is 4.90 Å². The first-order valence-electron chi connectivity index (χ1n) is 4.71. The molecule has 0 aliphatic rings. The minimum atomic E-state index is -4.56. The summed E-state index contributed by atoms with van der Waals surface area (Å²) >= 11 is 0. The van der Waals surface area contributed by atoms with E-state index < -0.39 is 30.5 Å². The van der Waals surface area contributed by atoms with Gasteiger partial charge in [-0.1, -0.05) is 0 Å². The molecule has 0 aliphatic heterocycles. The normalized spacial score (nSPS) is 14.5. The molecule has 0 saturated carbocycles. The van der Waals surface area contributed by atoms with E-state index in [1.807, 2.05) is 0 Å². The van der Waals surface area contributed by atoms with Crippen LogP contribution in [0, 0.1) is 0 Å². The summed E-state index contributed by atoms with van der Waals surface area (Å²) in [5.41, 5.74) is 4.15. The lowest BCUT2D eigenvalue weighted by atomic mass is 10.2. The summed E-state index contributed by atoms with van der Waals surface area (Å²) in [4.78, 5) is 11.8. The third-order valence-electron chi connectivity index (χ3n) is 1.75. The van der Waals surface area contributed by atoms with Gasteiger partial charge < -0.3 is 10.5 Å². The van der Waals surface area contributed by atoms with Crippen molar-refractivity contribution in [1.29, 1.82) is 0 Å². The number of nitrogens with zero attached hydrogens (tertiary/aromatic N) is 1. The predicted molar refractivity (Wildman–Crippen MR) is 52.9 cm³/mol. The first-order valence-corrected chi connectivity index (χ1v) is 4.71. The number of alkyl halides is 3. The molecular weight excluding hydrogens is 225 g/mol. The summed E-state index contributed by atoms with van der Waals surface area (Å²) in [6.45, 7) is 4.02. The Morgan fingerprint density at radius 1 is 1.38 bits per heavy atom. The van der Waals surface area contributed by atoms with Crippen LogP contribution in [0.4, 0.5) is 18.0 Å². The average Bonchev–Trinajstić information content (AvgIpc) is 1.99. The van der Waals surface area contributed by atoms with Crippen molar-refractivity contribution in [3.05, 3.63) is 0 Å². The highest BCUT2D eigenvalue weighted by atomic mass is 19.4. The van der Waals surface area contributed by atoms with Crippen LogP contribution in [0.15, 0.2) is 0 Å². The van der Waals surface area contributed by atoms with Crippen molar-refractivity contribution in [1.82, 2.24) is 4.90 Å². The van der Waals surface area contributed by atoms with Gasteiger partial charge in [0.05, 0.1) is 0 Å². The summed E-state index contributed by atoms with van der Waals surface area (Å²) in [6, 6.07) is -2.03. The van der Waals surface area contributed by atoms with Crippen molar-refractivity contribution < 1.29 is 22.7 Å². The van der Waals surface area contributed by atoms with Crippen LogP contribution in [0.2, 0.25) is 0 Å². The molecular formula is C9H17F3N2O2. The Morgan fingerprint density at radius 3 is 2.06 bits per heavy atom. The number of ether oxygens (including phenoxy) is 1. The highest BCUT2D eigenvalue weighted by molar-refractivity contribution is 5.68. The number of halogens is 3. The molecule has 0 radical (unpaired) electrons. The molecule has 4 nitrogen and oxygen atoms in total. The van der Waals surface area contributed by atoms with Gasteiger partial charge in [-0.2, -0.15) is 13.2 Å².